The van der Waals surface area contributed by atoms with Gasteiger partial charge in [0.1, 0.15) is 5.41 Å². The maximum absolute atomic E-state index is 13.8. The predicted octanol–water partition coefficient (Wildman–Crippen LogP) is 3.70. The number of aromatic amines is 1. The number of likely N-dealkylation sites (tertiary alicyclic amines) is 1. The number of nitriles is 1. The summed E-state index contributed by atoms with van der Waals surface area (Å²) < 4.78 is 27.2. The summed E-state index contributed by atoms with van der Waals surface area (Å²) in [6.45, 7) is 4.27. The summed E-state index contributed by atoms with van der Waals surface area (Å²) in [5.74, 6) is -2.46. The standard InChI is InChI=1S/C27H27F2N5O2/c1-18-25(20(16-24(35)33-18)19-6-7-21(28)22(29)15-19)26(36)32-11-4-12-34-13-8-27(17-30,9-14-34)23-5-2-3-10-31-23/h2-3,5-7,10,15-16H,4,8-9,11-14H2,1H3,(H,32,36)(H,33,35). The Hall–Kier alpha value is -3.90. The molecule has 1 saturated heterocycles. The van der Waals surface area contributed by atoms with Gasteiger partial charge in [0, 0.05) is 43.2 Å². The molecular formula is C27H27F2N5O2. The Balaban J connectivity index is 1.35. The molecule has 1 fully saturated rings. The number of piperidine rings is 1. The molecule has 0 aliphatic carbocycles. The van der Waals surface area contributed by atoms with Crippen molar-refractivity contribution < 1.29 is 13.6 Å². The Morgan fingerprint density at radius 1 is 1.19 bits per heavy atom. The second-order valence-electron chi connectivity index (χ2n) is 9.04. The number of benzene rings is 1. The molecule has 186 valence electrons. The molecule has 1 amide bonds. The number of pyridine rings is 2. The summed E-state index contributed by atoms with van der Waals surface area (Å²) in [6, 6.07) is 12.6. The lowest BCUT2D eigenvalue weighted by Gasteiger charge is -2.36. The van der Waals surface area contributed by atoms with Crippen LogP contribution in [0.15, 0.2) is 53.5 Å². The van der Waals surface area contributed by atoms with Crippen molar-refractivity contribution >= 4 is 5.91 Å². The fraction of sp³-hybridized carbons (Fsp3) is 0.333. The Morgan fingerprint density at radius 3 is 2.64 bits per heavy atom. The first-order valence-corrected chi connectivity index (χ1v) is 11.9. The minimum atomic E-state index is -1.05. The third-order valence-corrected chi connectivity index (χ3v) is 6.70. The highest BCUT2D eigenvalue weighted by Gasteiger charge is 2.37. The van der Waals surface area contributed by atoms with Gasteiger partial charge in [0.2, 0.25) is 5.56 Å². The van der Waals surface area contributed by atoms with E-state index in [9.17, 15) is 23.6 Å². The molecule has 1 aliphatic rings. The van der Waals surface area contributed by atoms with E-state index in [1.54, 1.807) is 13.1 Å². The van der Waals surface area contributed by atoms with Gasteiger partial charge in [-0.1, -0.05) is 12.1 Å². The van der Waals surface area contributed by atoms with Crippen molar-refractivity contribution in [3.63, 3.8) is 0 Å². The summed E-state index contributed by atoms with van der Waals surface area (Å²) in [5, 5.41) is 12.7. The monoisotopic (exact) mass is 491 g/mol. The van der Waals surface area contributed by atoms with Crippen molar-refractivity contribution in [1.29, 1.82) is 5.26 Å². The SMILES string of the molecule is Cc1[nH]c(=O)cc(-c2ccc(F)c(F)c2)c1C(=O)NCCCN1CCC(C#N)(c2ccccn2)CC1. The van der Waals surface area contributed by atoms with Gasteiger partial charge < -0.3 is 15.2 Å². The van der Waals surface area contributed by atoms with E-state index in [-0.39, 0.29) is 16.7 Å². The first-order chi connectivity index (χ1) is 17.3. The Kier molecular flexibility index (Phi) is 7.55. The number of aromatic nitrogens is 2. The largest absolute Gasteiger partial charge is 0.352 e. The summed E-state index contributed by atoms with van der Waals surface area (Å²) >= 11 is 0. The number of carbonyl (C=O) groups is 1. The molecule has 0 spiro atoms. The lowest BCUT2D eigenvalue weighted by molar-refractivity contribution is 0.0950. The quantitative estimate of drug-likeness (QED) is 0.491. The number of carbonyl (C=O) groups excluding carboxylic acids is 1. The average Bonchev–Trinajstić information content (AvgIpc) is 2.88. The molecule has 1 aliphatic heterocycles. The molecule has 2 aromatic heterocycles. The van der Waals surface area contributed by atoms with E-state index >= 15 is 0 Å². The van der Waals surface area contributed by atoms with Crippen molar-refractivity contribution in [3.05, 3.63) is 87.6 Å². The van der Waals surface area contributed by atoms with Crippen LogP contribution in [0.5, 0.6) is 0 Å². The van der Waals surface area contributed by atoms with Crippen molar-refractivity contribution in [2.75, 3.05) is 26.2 Å². The van der Waals surface area contributed by atoms with Gasteiger partial charge in [0.05, 0.1) is 17.3 Å². The van der Waals surface area contributed by atoms with Gasteiger partial charge in [-0.2, -0.15) is 5.26 Å². The topological polar surface area (TPSA) is 102 Å². The van der Waals surface area contributed by atoms with Crippen LogP contribution in [-0.2, 0) is 5.41 Å². The molecule has 4 rings (SSSR count). The summed E-state index contributed by atoms with van der Waals surface area (Å²) in [7, 11) is 0. The molecular weight excluding hydrogens is 464 g/mol. The number of amides is 1. The molecule has 3 heterocycles. The van der Waals surface area contributed by atoms with Crippen LogP contribution < -0.4 is 10.9 Å². The molecule has 7 nitrogen and oxygen atoms in total. The van der Waals surface area contributed by atoms with Gasteiger partial charge in [-0.25, -0.2) is 8.78 Å². The van der Waals surface area contributed by atoms with Crippen LogP contribution in [0.3, 0.4) is 0 Å². The zero-order chi connectivity index (χ0) is 25.7. The van der Waals surface area contributed by atoms with Crippen LogP contribution in [0, 0.1) is 29.9 Å². The van der Waals surface area contributed by atoms with Gasteiger partial charge in [-0.3, -0.25) is 14.6 Å². The van der Waals surface area contributed by atoms with Gasteiger partial charge >= 0.3 is 0 Å². The Morgan fingerprint density at radius 2 is 1.97 bits per heavy atom. The van der Waals surface area contributed by atoms with Crippen LogP contribution >= 0.6 is 0 Å². The smallest absolute Gasteiger partial charge is 0.253 e. The first kappa shape index (κ1) is 25.2. The van der Waals surface area contributed by atoms with Crippen molar-refractivity contribution in [2.24, 2.45) is 0 Å². The van der Waals surface area contributed by atoms with Crippen LogP contribution in [0.4, 0.5) is 8.78 Å². The van der Waals surface area contributed by atoms with Gasteiger partial charge in [-0.15, -0.1) is 0 Å². The third kappa shape index (κ3) is 5.34. The highest BCUT2D eigenvalue weighted by molar-refractivity contribution is 6.01. The van der Waals surface area contributed by atoms with E-state index < -0.39 is 28.5 Å². The van der Waals surface area contributed by atoms with E-state index in [2.05, 4.69) is 26.3 Å². The predicted molar refractivity (Wildman–Crippen MR) is 131 cm³/mol. The van der Waals surface area contributed by atoms with Gasteiger partial charge in [-0.05, 0) is 62.6 Å². The average molecular weight is 492 g/mol. The number of nitrogens with one attached hydrogen (secondary N) is 2. The molecule has 0 saturated carbocycles. The van der Waals surface area contributed by atoms with E-state index in [1.807, 2.05) is 18.2 Å². The lowest BCUT2D eigenvalue weighted by atomic mass is 9.76. The van der Waals surface area contributed by atoms with Crippen LogP contribution in [0.2, 0.25) is 0 Å². The van der Waals surface area contributed by atoms with Crippen molar-refractivity contribution in [1.82, 2.24) is 20.2 Å². The number of hydrogen-bond donors (Lipinski definition) is 2. The minimum Gasteiger partial charge on any atom is -0.352 e. The molecule has 2 N–H and O–H groups in total. The number of hydrogen-bond acceptors (Lipinski definition) is 5. The van der Waals surface area contributed by atoms with E-state index in [4.69, 9.17) is 0 Å². The number of rotatable bonds is 7. The second-order valence-corrected chi connectivity index (χ2v) is 9.04. The maximum Gasteiger partial charge on any atom is 0.253 e. The summed E-state index contributed by atoms with van der Waals surface area (Å²) in [6.07, 6.45) is 3.80. The fourth-order valence-electron chi connectivity index (χ4n) is 4.69. The summed E-state index contributed by atoms with van der Waals surface area (Å²) in [4.78, 5) is 34.3. The highest BCUT2D eigenvalue weighted by atomic mass is 19.2. The molecule has 0 radical (unpaired) electrons. The maximum atomic E-state index is 13.8. The number of halogens is 2. The first-order valence-electron chi connectivity index (χ1n) is 11.9. The normalized spacial score (nSPS) is 15.3. The van der Waals surface area contributed by atoms with E-state index in [1.165, 1.54) is 12.1 Å². The molecule has 0 bridgehead atoms. The molecule has 0 unspecified atom stereocenters. The van der Waals surface area contributed by atoms with Gasteiger partial charge in [0.15, 0.2) is 11.6 Å². The third-order valence-electron chi connectivity index (χ3n) is 6.70. The summed E-state index contributed by atoms with van der Waals surface area (Å²) in [5.41, 5.74) is 0.858. The second kappa shape index (κ2) is 10.8. The molecule has 1 aromatic carbocycles. The van der Waals surface area contributed by atoms with E-state index in [0.29, 0.717) is 31.5 Å². The van der Waals surface area contributed by atoms with Crippen LogP contribution in [-0.4, -0.2) is 47.0 Å². The van der Waals surface area contributed by atoms with Crippen molar-refractivity contribution in [2.45, 2.75) is 31.6 Å². The molecule has 36 heavy (non-hydrogen) atoms. The van der Waals surface area contributed by atoms with E-state index in [0.717, 1.165) is 37.5 Å². The Labute approximate surface area is 207 Å². The minimum absolute atomic E-state index is 0.216. The fourth-order valence-corrected chi connectivity index (χ4v) is 4.69. The number of aryl methyl sites for hydroxylation is 1. The lowest BCUT2D eigenvalue weighted by Crippen LogP contribution is -2.43. The zero-order valence-electron chi connectivity index (χ0n) is 20.0. The highest BCUT2D eigenvalue weighted by Crippen LogP contribution is 2.33. The van der Waals surface area contributed by atoms with Crippen LogP contribution in [0.25, 0.3) is 11.1 Å². The van der Waals surface area contributed by atoms with Gasteiger partial charge in [0.25, 0.3) is 5.91 Å². The number of nitrogens with zero attached hydrogens (tertiary/aromatic N) is 3. The van der Waals surface area contributed by atoms with Crippen molar-refractivity contribution in [3.8, 4) is 17.2 Å². The molecule has 0 atom stereocenters. The Bertz CT molecular complexity index is 1340. The zero-order valence-corrected chi connectivity index (χ0v) is 20.0. The molecule has 3 aromatic rings. The van der Waals surface area contributed by atoms with Crippen LogP contribution in [0.1, 0.15) is 41.0 Å². The molecule has 9 heteroatoms. The number of H-pyrrole nitrogens is 1.